The maximum atomic E-state index is 9.16. The van der Waals surface area contributed by atoms with Gasteiger partial charge in [-0.1, -0.05) is 6.92 Å². The molecular weight excluding hydrogens is 152 g/mol. The van der Waals surface area contributed by atoms with Crippen molar-refractivity contribution >= 4 is 0 Å². The first-order chi connectivity index (χ1) is 5.61. The second kappa shape index (κ2) is 6.40. The first-order valence-electron chi connectivity index (χ1n) is 4.70. The molecule has 0 spiro atoms. The molecule has 0 amide bonds. The van der Waals surface area contributed by atoms with E-state index in [0.29, 0.717) is 6.04 Å². The zero-order chi connectivity index (χ0) is 9.56. The van der Waals surface area contributed by atoms with Crippen LogP contribution in [0.1, 0.15) is 26.7 Å². The van der Waals surface area contributed by atoms with Gasteiger partial charge in [0.05, 0.1) is 6.10 Å². The maximum Gasteiger partial charge on any atom is 0.0639 e. The highest BCUT2D eigenvalue weighted by molar-refractivity contribution is 4.68. The molecule has 0 rings (SSSR count). The highest BCUT2D eigenvalue weighted by Gasteiger charge is 2.12. The van der Waals surface area contributed by atoms with Gasteiger partial charge in [-0.2, -0.15) is 0 Å². The predicted molar refractivity (Wildman–Crippen MR) is 52.1 cm³/mol. The fourth-order valence-corrected chi connectivity index (χ4v) is 1.49. The van der Waals surface area contributed by atoms with Gasteiger partial charge in [-0.05, 0) is 33.4 Å². The van der Waals surface area contributed by atoms with E-state index in [0.717, 1.165) is 25.9 Å². The van der Waals surface area contributed by atoms with E-state index in [-0.39, 0.29) is 6.10 Å². The molecule has 0 aromatic rings. The average molecular weight is 174 g/mol. The Hall–Kier alpha value is -0.120. The van der Waals surface area contributed by atoms with Crippen LogP contribution in [0.3, 0.4) is 0 Å². The van der Waals surface area contributed by atoms with Gasteiger partial charge in [-0.3, -0.25) is 0 Å². The molecule has 3 nitrogen and oxygen atoms in total. The van der Waals surface area contributed by atoms with Gasteiger partial charge in [0.15, 0.2) is 0 Å². The Balaban J connectivity index is 3.76. The number of nitrogens with two attached hydrogens (primary N) is 1. The average Bonchev–Trinajstić information content (AvgIpc) is 1.98. The Labute approximate surface area is 75.6 Å². The van der Waals surface area contributed by atoms with Gasteiger partial charge in [0.2, 0.25) is 0 Å². The minimum absolute atomic E-state index is 0.248. The van der Waals surface area contributed by atoms with E-state index in [9.17, 15) is 0 Å². The van der Waals surface area contributed by atoms with E-state index in [2.05, 4.69) is 11.8 Å². The second-order valence-electron chi connectivity index (χ2n) is 3.43. The van der Waals surface area contributed by atoms with Crippen molar-refractivity contribution in [3.63, 3.8) is 0 Å². The molecule has 12 heavy (non-hydrogen) atoms. The molecule has 74 valence electrons. The van der Waals surface area contributed by atoms with Crippen molar-refractivity contribution in [1.29, 1.82) is 0 Å². The van der Waals surface area contributed by atoms with Gasteiger partial charge in [0.25, 0.3) is 0 Å². The standard InChI is InChI=1S/C9H22N2O/c1-4-9(5-6-10)11(3)7-8(2)12/h8-9,12H,4-7,10H2,1-3H3. The van der Waals surface area contributed by atoms with Crippen molar-refractivity contribution in [3.05, 3.63) is 0 Å². The molecule has 2 unspecified atom stereocenters. The lowest BCUT2D eigenvalue weighted by atomic mass is 10.1. The monoisotopic (exact) mass is 174 g/mol. The van der Waals surface area contributed by atoms with Crippen LogP contribution in [0, 0.1) is 0 Å². The number of rotatable bonds is 6. The summed E-state index contributed by atoms with van der Waals surface area (Å²) in [6, 6.07) is 0.518. The summed E-state index contributed by atoms with van der Waals surface area (Å²) in [5, 5.41) is 9.16. The minimum Gasteiger partial charge on any atom is -0.392 e. The zero-order valence-corrected chi connectivity index (χ0v) is 8.45. The second-order valence-corrected chi connectivity index (χ2v) is 3.43. The molecule has 0 aromatic heterocycles. The lowest BCUT2D eigenvalue weighted by molar-refractivity contribution is 0.113. The summed E-state index contributed by atoms with van der Waals surface area (Å²) in [7, 11) is 2.04. The van der Waals surface area contributed by atoms with Crippen LogP contribution in [0.4, 0.5) is 0 Å². The van der Waals surface area contributed by atoms with Crippen LogP contribution < -0.4 is 5.73 Å². The summed E-state index contributed by atoms with van der Waals surface area (Å²) in [4.78, 5) is 2.18. The summed E-state index contributed by atoms with van der Waals surface area (Å²) in [5.74, 6) is 0. The highest BCUT2D eigenvalue weighted by atomic mass is 16.3. The summed E-state index contributed by atoms with van der Waals surface area (Å²) in [6.45, 7) is 5.42. The molecule has 3 heteroatoms. The summed E-state index contributed by atoms with van der Waals surface area (Å²) < 4.78 is 0. The minimum atomic E-state index is -0.248. The summed E-state index contributed by atoms with van der Waals surface area (Å²) in [6.07, 6.45) is 1.86. The topological polar surface area (TPSA) is 49.5 Å². The first kappa shape index (κ1) is 11.9. The number of aliphatic hydroxyl groups is 1. The fraction of sp³-hybridized carbons (Fsp3) is 1.00. The molecule has 0 fully saturated rings. The molecular formula is C9H22N2O. The number of likely N-dealkylation sites (N-methyl/N-ethyl adjacent to an activating group) is 1. The molecule has 0 aliphatic heterocycles. The number of hydrogen-bond acceptors (Lipinski definition) is 3. The lowest BCUT2D eigenvalue weighted by Crippen LogP contribution is -2.37. The SMILES string of the molecule is CCC(CCN)N(C)CC(C)O. The fourth-order valence-electron chi connectivity index (χ4n) is 1.49. The van der Waals surface area contributed by atoms with Crippen molar-refractivity contribution < 1.29 is 5.11 Å². The van der Waals surface area contributed by atoms with Gasteiger partial charge in [-0.25, -0.2) is 0 Å². The van der Waals surface area contributed by atoms with Crippen LogP contribution >= 0.6 is 0 Å². The van der Waals surface area contributed by atoms with Crippen LogP contribution in [-0.4, -0.2) is 42.3 Å². The van der Waals surface area contributed by atoms with Crippen LogP contribution in [0.15, 0.2) is 0 Å². The van der Waals surface area contributed by atoms with Crippen LogP contribution in [0.5, 0.6) is 0 Å². The van der Waals surface area contributed by atoms with Crippen molar-refractivity contribution in [1.82, 2.24) is 4.90 Å². The number of hydrogen-bond donors (Lipinski definition) is 2. The van der Waals surface area contributed by atoms with Crippen molar-refractivity contribution in [3.8, 4) is 0 Å². The van der Waals surface area contributed by atoms with Crippen LogP contribution in [0.2, 0.25) is 0 Å². The molecule has 0 aliphatic carbocycles. The van der Waals surface area contributed by atoms with Crippen LogP contribution in [-0.2, 0) is 0 Å². The molecule has 2 atom stereocenters. The van der Waals surface area contributed by atoms with Crippen LogP contribution in [0.25, 0.3) is 0 Å². The van der Waals surface area contributed by atoms with E-state index in [1.807, 2.05) is 14.0 Å². The van der Waals surface area contributed by atoms with E-state index < -0.39 is 0 Å². The van der Waals surface area contributed by atoms with Gasteiger partial charge >= 0.3 is 0 Å². The third-order valence-electron chi connectivity index (χ3n) is 2.15. The Bertz CT molecular complexity index is 107. The van der Waals surface area contributed by atoms with E-state index in [4.69, 9.17) is 10.8 Å². The van der Waals surface area contributed by atoms with E-state index in [1.54, 1.807) is 0 Å². The number of aliphatic hydroxyl groups excluding tert-OH is 1. The Morgan fingerprint density at radius 1 is 1.50 bits per heavy atom. The third-order valence-corrected chi connectivity index (χ3v) is 2.15. The highest BCUT2D eigenvalue weighted by Crippen LogP contribution is 2.05. The Morgan fingerprint density at radius 2 is 2.08 bits per heavy atom. The Morgan fingerprint density at radius 3 is 2.42 bits per heavy atom. The number of nitrogens with zero attached hydrogens (tertiary/aromatic N) is 1. The van der Waals surface area contributed by atoms with Crippen molar-refractivity contribution in [2.45, 2.75) is 38.8 Å². The lowest BCUT2D eigenvalue weighted by Gasteiger charge is -2.27. The summed E-state index contributed by atoms with van der Waals surface area (Å²) in [5.41, 5.74) is 5.48. The van der Waals surface area contributed by atoms with E-state index >= 15 is 0 Å². The van der Waals surface area contributed by atoms with Gasteiger partial charge in [-0.15, -0.1) is 0 Å². The molecule has 0 heterocycles. The zero-order valence-electron chi connectivity index (χ0n) is 8.45. The smallest absolute Gasteiger partial charge is 0.0639 e. The predicted octanol–water partition coefficient (Wildman–Crippen LogP) is 0.426. The van der Waals surface area contributed by atoms with Crippen molar-refractivity contribution in [2.24, 2.45) is 5.73 Å². The molecule has 0 bridgehead atoms. The Kier molecular flexibility index (Phi) is 6.34. The van der Waals surface area contributed by atoms with Crippen molar-refractivity contribution in [2.75, 3.05) is 20.1 Å². The molecule has 0 saturated heterocycles. The summed E-state index contributed by atoms with van der Waals surface area (Å²) >= 11 is 0. The van der Waals surface area contributed by atoms with E-state index in [1.165, 1.54) is 0 Å². The molecule has 0 aromatic carbocycles. The van der Waals surface area contributed by atoms with Gasteiger partial charge in [0.1, 0.15) is 0 Å². The molecule has 0 saturated carbocycles. The van der Waals surface area contributed by atoms with Gasteiger partial charge < -0.3 is 15.7 Å². The molecule has 3 N–H and O–H groups in total. The molecule has 0 aliphatic rings. The first-order valence-corrected chi connectivity index (χ1v) is 4.70. The molecule has 0 radical (unpaired) electrons. The quantitative estimate of drug-likeness (QED) is 0.614. The maximum absolute atomic E-state index is 9.16. The van der Waals surface area contributed by atoms with Gasteiger partial charge in [0, 0.05) is 12.6 Å². The normalized spacial score (nSPS) is 16.5. The third kappa shape index (κ3) is 4.70. The largest absolute Gasteiger partial charge is 0.392 e.